The molecule has 9 nitrogen and oxygen atoms in total. The SMILES string of the molecule is CC(C)C(C(=O)O)N1Cc2ccc(-c3ccc(NC(=O)Nc4ccc(Cl)cc4Oc4ccccc4)cn3)cc2C1=O. The van der Waals surface area contributed by atoms with Crippen LogP contribution in [-0.2, 0) is 11.3 Å². The number of aliphatic carboxylic acids is 1. The van der Waals surface area contributed by atoms with Gasteiger partial charge < -0.3 is 25.4 Å². The van der Waals surface area contributed by atoms with Gasteiger partial charge in [0, 0.05) is 28.8 Å². The monoisotopic (exact) mass is 570 g/mol. The molecule has 0 aliphatic carbocycles. The van der Waals surface area contributed by atoms with Crippen LogP contribution in [0.2, 0.25) is 5.02 Å². The van der Waals surface area contributed by atoms with Gasteiger partial charge in [0.2, 0.25) is 0 Å². The van der Waals surface area contributed by atoms with Crippen molar-refractivity contribution in [2.24, 2.45) is 5.92 Å². The van der Waals surface area contributed by atoms with Gasteiger partial charge in [0.25, 0.3) is 5.91 Å². The Morgan fingerprint density at radius 3 is 2.46 bits per heavy atom. The first-order valence-corrected chi connectivity index (χ1v) is 13.3. The minimum Gasteiger partial charge on any atom is -0.480 e. The predicted molar refractivity (Wildman–Crippen MR) is 156 cm³/mol. The second kappa shape index (κ2) is 11.7. The van der Waals surface area contributed by atoms with Crippen LogP contribution in [0.1, 0.15) is 29.8 Å². The number of carboxylic acids is 1. The fourth-order valence-corrected chi connectivity index (χ4v) is 4.87. The molecule has 0 bridgehead atoms. The van der Waals surface area contributed by atoms with E-state index in [-0.39, 0.29) is 18.4 Å². The molecule has 1 aliphatic heterocycles. The summed E-state index contributed by atoms with van der Waals surface area (Å²) in [6.07, 6.45) is 1.51. The van der Waals surface area contributed by atoms with Crippen LogP contribution in [0.4, 0.5) is 16.2 Å². The van der Waals surface area contributed by atoms with Crippen molar-refractivity contribution in [1.82, 2.24) is 9.88 Å². The molecule has 5 rings (SSSR count). The zero-order chi connectivity index (χ0) is 29.1. The molecule has 41 heavy (non-hydrogen) atoms. The van der Waals surface area contributed by atoms with Gasteiger partial charge in [-0.1, -0.05) is 55.8 Å². The van der Waals surface area contributed by atoms with Gasteiger partial charge in [-0.15, -0.1) is 0 Å². The molecule has 2 heterocycles. The minimum absolute atomic E-state index is 0.230. The molecule has 0 saturated carbocycles. The Bertz CT molecular complexity index is 1610. The zero-order valence-electron chi connectivity index (χ0n) is 22.3. The molecular formula is C31H27ClN4O5. The van der Waals surface area contributed by atoms with Crippen LogP contribution in [-0.4, -0.2) is 38.9 Å². The number of nitrogens with one attached hydrogen (secondary N) is 2. The van der Waals surface area contributed by atoms with Crippen LogP contribution in [0.25, 0.3) is 11.3 Å². The first-order valence-electron chi connectivity index (χ1n) is 12.9. The third-order valence-corrected chi connectivity index (χ3v) is 6.88. The number of para-hydroxylation sites is 1. The van der Waals surface area contributed by atoms with E-state index in [1.54, 1.807) is 62.4 Å². The highest BCUT2D eigenvalue weighted by Crippen LogP contribution is 2.33. The Labute approximate surface area is 241 Å². The average molecular weight is 571 g/mol. The van der Waals surface area contributed by atoms with E-state index in [1.807, 2.05) is 30.3 Å². The Balaban J connectivity index is 1.27. The van der Waals surface area contributed by atoms with Crippen molar-refractivity contribution in [1.29, 1.82) is 0 Å². The molecule has 1 unspecified atom stereocenters. The van der Waals surface area contributed by atoms with E-state index >= 15 is 0 Å². The number of fused-ring (bicyclic) bond motifs is 1. The van der Waals surface area contributed by atoms with E-state index in [0.717, 1.165) is 5.56 Å². The lowest BCUT2D eigenvalue weighted by atomic mass is 10.0. The van der Waals surface area contributed by atoms with Crippen LogP contribution in [0.3, 0.4) is 0 Å². The number of aromatic nitrogens is 1. The predicted octanol–water partition coefficient (Wildman–Crippen LogP) is 6.90. The fourth-order valence-electron chi connectivity index (χ4n) is 4.71. The number of carbonyl (C=O) groups excluding carboxylic acids is 2. The molecule has 3 aromatic carbocycles. The van der Waals surface area contributed by atoms with Crippen LogP contribution in [0, 0.1) is 5.92 Å². The van der Waals surface area contributed by atoms with Gasteiger partial charge in [0.1, 0.15) is 11.8 Å². The van der Waals surface area contributed by atoms with E-state index in [1.165, 1.54) is 11.1 Å². The van der Waals surface area contributed by atoms with Gasteiger partial charge >= 0.3 is 12.0 Å². The summed E-state index contributed by atoms with van der Waals surface area (Å²) in [5.41, 5.74) is 3.43. The molecule has 1 aliphatic rings. The molecule has 0 spiro atoms. The number of rotatable bonds is 8. The standard InChI is InChI=1S/C31H27ClN4O5/c1-18(2)28(30(38)39)36-17-20-9-8-19(14-24(20)29(36)37)25-13-11-22(16-33-25)34-31(40)35-26-12-10-21(32)15-27(26)41-23-6-4-3-5-7-23/h3-16,18,28H,17H2,1-2H3,(H,38,39)(H2,34,35,40). The molecule has 3 amide bonds. The van der Waals surface area contributed by atoms with E-state index in [9.17, 15) is 19.5 Å². The summed E-state index contributed by atoms with van der Waals surface area (Å²) >= 11 is 6.14. The van der Waals surface area contributed by atoms with Crippen LogP contribution in [0.15, 0.2) is 85.1 Å². The van der Waals surface area contributed by atoms with Crippen molar-refractivity contribution in [2.45, 2.75) is 26.4 Å². The lowest BCUT2D eigenvalue weighted by molar-refractivity contribution is -0.144. The number of nitrogens with zero attached hydrogens (tertiary/aromatic N) is 2. The Hall–Kier alpha value is -4.89. The maximum absolute atomic E-state index is 13.1. The zero-order valence-corrected chi connectivity index (χ0v) is 23.1. The number of ether oxygens (including phenoxy) is 1. The number of pyridine rings is 1. The molecule has 3 N–H and O–H groups in total. The fraction of sp³-hybridized carbons (Fsp3) is 0.161. The van der Waals surface area contributed by atoms with Gasteiger partial charge in [-0.05, 0) is 53.9 Å². The molecule has 0 radical (unpaired) electrons. The number of carboxylic acid groups (broad SMARTS) is 1. The van der Waals surface area contributed by atoms with E-state index in [2.05, 4.69) is 15.6 Å². The van der Waals surface area contributed by atoms with Crippen molar-refractivity contribution in [3.8, 4) is 22.8 Å². The molecular weight excluding hydrogens is 544 g/mol. The number of halogens is 1. The summed E-state index contributed by atoms with van der Waals surface area (Å²) in [5, 5.41) is 15.6. The highest BCUT2D eigenvalue weighted by molar-refractivity contribution is 6.30. The lowest BCUT2D eigenvalue weighted by Crippen LogP contribution is -2.44. The number of hydrogen-bond donors (Lipinski definition) is 3. The summed E-state index contributed by atoms with van der Waals surface area (Å²) in [4.78, 5) is 43.5. The highest BCUT2D eigenvalue weighted by atomic mass is 35.5. The van der Waals surface area contributed by atoms with E-state index in [0.29, 0.717) is 44.7 Å². The van der Waals surface area contributed by atoms with Crippen LogP contribution in [0.5, 0.6) is 11.5 Å². The van der Waals surface area contributed by atoms with Gasteiger partial charge in [-0.2, -0.15) is 0 Å². The summed E-state index contributed by atoms with van der Waals surface area (Å²) in [7, 11) is 0. The number of amides is 3. The number of carbonyl (C=O) groups is 3. The number of benzene rings is 3. The van der Waals surface area contributed by atoms with Gasteiger partial charge in [0.05, 0.1) is 23.3 Å². The first-order chi connectivity index (χ1) is 19.7. The second-order valence-corrected chi connectivity index (χ2v) is 10.3. The van der Waals surface area contributed by atoms with Crippen molar-refractivity contribution < 1.29 is 24.2 Å². The normalized spacial score (nSPS) is 13.1. The number of anilines is 2. The average Bonchev–Trinajstić information content (AvgIpc) is 3.25. The number of hydrogen-bond acceptors (Lipinski definition) is 5. The smallest absolute Gasteiger partial charge is 0.326 e. The minimum atomic E-state index is -1.02. The van der Waals surface area contributed by atoms with Crippen molar-refractivity contribution in [3.05, 3.63) is 101 Å². The summed E-state index contributed by atoms with van der Waals surface area (Å²) < 4.78 is 5.89. The molecule has 10 heteroatoms. The van der Waals surface area contributed by atoms with Crippen molar-refractivity contribution in [3.63, 3.8) is 0 Å². The number of urea groups is 1. The van der Waals surface area contributed by atoms with Crippen molar-refractivity contribution in [2.75, 3.05) is 10.6 Å². The van der Waals surface area contributed by atoms with Gasteiger partial charge in [-0.3, -0.25) is 9.78 Å². The summed E-state index contributed by atoms with van der Waals surface area (Å²) in [6.45, 7) is 3.82. The van der Waals surface area contributed by atoms with Crippen molar-refractivity contribution >= 4 is 40.9 Å². The quantitative estimate of drug-likeness (QED) is 0.212. The second-order valence-electron chi connectivity index (χ2n) is 9.90. The molecule has 1 aromatic heterocycles. The molecule has 0 saturated heterocycles. The maximum atomic E-state index is 13.1. The summed E-state index contributed by atoms with van der Waals surface area (Å²) in [5.74, 6) is -0.575. The van der Waals surface area contributed by atoms with E-state index in [4.69, 9.17) is 16.3 Å². The largest absolute Gasteiger partial charge is 0.480 e. The lowest BCUT2D eigenvalue weighted by Gasteiger charge is -2.27. The Morgan fingerprint density at radius 1 is 1.00 bits per heavy atom. The molecule has 1 atom stereocenters. The first kappa shape index (κ1) is 27.7. The van der Waals surface area contributed by atoms with E-state index < -0.39 is 18.0 Å². The Morgan fingerprint density at radius 2 is 1.78 bits per heavy atom. The highest BCUT2D eigenvalue weighted by Gasteiger charge is 2.38. The van der Waals surface area contributed by atoms with Gasteiger partial charge in [0.15, 0.2) is 5.75 Å². The van der Waals surface area contributed by atoms with Gasteiger partial charge in [-0.25, -0.2) is 9.59 Å². The maximum Gasteiger partial charge on any atom is 0.326 e. The third kappa shape index (κ3) is 6.15. The van der Waals surface area contributed by atoms with Crippen LogP contribution < -0.4 is 15.4 Å². The molecule has 208 valence electrons. The van der Waals surface area contributed by atoms with Crippen LogP contribution >= 0.6 is 11.6 Å². The summed E-state index contributed by atoms with van der Waals surface area (Å²) in [6, 6.07) is 21.5. The molecule has 0 fully saturated rings. The molecule has 4 aromatic rings. The topological polar surface area (TPSA) is 121 Å². The Kier molecular flexibility index (Phi) is 7.89. The third-order valence-electron chi connectivity index (χ3n) is 6.64.